The smallest absolute Gasteiger partial charge is 0.299 e. The number of unbranched alkanes of at least 4 members (excludes halogenated alkanes) is 17. The first-order valence-electron chi connectivity index (χ1n) is 10.7. The minimum atomic E-state index is -4.76. The molecule has 0 aromatic rings. The summed E-state index contributed by atoms with van der Waals surface area (Å²) < 4.78 is 26.7. The van der Waals surface area contributed by atoms with E-state index in [0.29, 0.717) is 6.42 Å². The molecule has 0 spiro atoms. The van der Waals surface area contributed by atoms with Gasteiger partial charge < -0.3 is 0 Å². The van der Waals surface area contributed by atoms with Gasteiger partial charge in [-0.2, -0.15) is 0 Å². The molecule has 3 nitrogen and oxygen atoms in total. The number of hydrogen-bond donors (Lipinski definition) is 1. The Morgan fingerprint density at radius 2 is 0.920 bits per heavy atom. The third-order valence-corrected chi connectivity index (χ3v) is 5.25. The largest absolute Gasteiger partial charge is 0.510 e. The van der Waals surface area contributed by atoms with Gasteiger partial charge in [-0.25, -0.2) is 4.57 Å². The van der Waals surface area contributed by atoms with Crippen molar-refractivity contribution in [1.29, 1.82) is 0 Å². The topological polar surface area (TPSA) is 46.5 Å². The van der Waals surface area contributed by atoms with E-state index < -0.39 is 7.91 Å². The molecular weight excluding hydrogens is 338 g/mol. The van der Waals surface area contributed by atoms with E-state index in [1.54, 1.807) is 0 Å². The van der Waals surface area contributed by atoms with Crippen molar-refractivity contribution in [3.05, 3.63) is 0 Å². The van der Waals surface area contributed by atoms with Crippen LogP contribution in [-0.2, 0) is 9.09 Å². The van der Waals surface area contributed by atoms with Gasteiger partial charge in [0, 0.05) is 0 Å². The van der Waals surface area contributed by atoms with Gasteiger partial charge in [-0.1, -0.05) is 116 Å². The molecule has 0 amide bonds. The van der Waals surface area contributed by atoms with Crippen LogP contribution in [0.3, 0.4) is 0 Å². The van der Waals surface area contributed by atoms with Crippen LogP contribution < -0.4 is 0 Å². The SMILES string of the molecule is CCCCCCCCCCCCCCCCCCCCOP(=O)(O)F. The van der Waals surface area contributed by atoms with E-state index in [1.165, 1.54) is 96.3 Å². The Morgan fingerprint density at radius 3 is 1.20 bits per heavy atom. The zero-order chi connectivity index (χ0) is 18.6. The minimum Gasteiger partial charge on any atom is -0.299 e. The third kappa shape index (κ3) is 24.1. The second kappa shape index (κ2) is 18.9. The van der Waals surface area contributed by atoms with E-state index in [1.807, 2.05) is 0 Å². The molecule has 0 aliphatic heterocycles. The molecule has 0 bridgehead atoms. The van der Waals surface area contributed by atoms with Gasteiger partial charge in [-0.05, 0) is 6.42 Å². The monoisotopic (exact) mass is 380 g/mol. The molecule has 0 aliphatic rings. The van der Waals surface area contributed by atoms with Crippen molar-refractivity contribution in [2.75, 3.05) is 6.61 Å². The zero-order valence-corrected chi connectivity index (χ0v) is 17.4. The second-order valence-corrected chi connectivity index (χ2v) is 8.46. The Hall–Kier alpha value is 0.0800. The van der Waals surface area contributed by atoms with Crippen LogP contribution in [-0.4, -0.2) is 11.5 Å². The van der Waals surface area contributed by atoms with Crippen molar-refractivity contribution in [2.45, 2.75) is 122 Å². The predicted molar refractivity (Wildman–Crippen MR) is 106 cm³/mol. The normalized spacial score (nSPS) is 13.9. The highest BCUT2D eigenvalue weighted by molar-refractivity contribution is 7.46. The lowest BCUT2D eigenvalue weighted by Gasteiger charge is -2.04. The molecule has 0 aliphatic carbocycles. The summed E-state index contributed by atoms with van der Waals surface area (Å²) >= 11 is 0. The van der Waals surface area contributed by atoms with Gasteiger partial charge in [0.25, 0.3) is 0 Å². The lowest BCUT2D eigenvalue weighted by Crippen LogP contribution is -1.90. The van der Waals surface area contributed by atoms with Crippen molar-refractivity contribution in [3.8, 4) is 0 Å². The maximum Gasteiger partial charge on any atom is 0.510 e. The summed E-state index contributed by atoms with van der Waals surface area (Å²) in [5.41, 5.74) is 0. The van der Waals surface area contributed by atoms with E-state index in [4.69, 9.17) is 4.89 Å². The molecule has 0 aromatic heterocycles. The summed E-state index contributed by atoms with van der Waals surface area (Å²) in [5.74, 6) is 0. The lowest BCUT2D eigenvalue weighted by atomic mass is 10.0. The first-order valence-corrected chi connectivity index (χ1v) is 12.2. The van der Waals surface area contributed by atoms with E-state index >= 15 is 0 Å². The first-order chi connectivity index (χ1) is 12.1. The Labute approximate surface area is 155 Å². The number of halogens is 1. The predicted octanol–water partition coefficient (Wildman–Crippen LogP) is 8.11. The quantitative estimate of drug-likeness (QED) is 0.171. The van der Waals surface area contributed by atoms with Crippen LogP contribution in [0.5, 0.6) is 0 Å². The molecule has 1 atom stereocenters. The van der Waals surface area contributed by atoms with Crippen LogP contribution in [0.1, 0.15) is 122 Å². The molecule has 152 valence electrons. The Bertz CT molecular complexity index is 307. The molecule has 0 saturated carbocycles. The molecule has 0 rings (SSSR count). The van der Waals surface area contributed by atoms with Crippen molar-refractivity contribution in [2.24, 2.45) is 0 Å². The highest BCUT2D eigenvalue weighted by Crippen LogP contribution is 2.43. The summed E-state index contributed by atoms with van der Waals surface area (Å²) in [5, 5.41) is 0. The van der Waals surface area contributed by atoms with Gasteiger partial charge in [0.1, 0.15) is 0 Å². The van der Waals surface area contributed by atoms with E-state index in [2.05, 4.69) is 11.4 Å². The summed E-state index contributed by atoms with van der Waals surface area (Å²) in [6.45, 7) is 2.31. The van der Waals surface area contributed by atoms with Crippen LogP contribution in [0.25, 0.3) is 0 Å². The van der Waals surface area contributed by atoms with Crippen LogP contribution in [0.2, 0.25) is 0 Å². The summed E-state index contributed by atoms with van der Waals surface area (Å²) in [4.78, 5) is 8.33. The molecule has 5 heteroatoms. The van der Waals surface area contributed by atoms with Gasteiger partial charge in [-0.3, -0.25) is 9.42 Å². The van der Waals surface area contributed by atoms with Crippen LogP contribution in [0, 0.1) is 0 Å². The fraction of sp³-hybridized carbons (Fsp3) is 1.00. The average molecular weight is 381 g/mol. The molecule has 0 aromatic carbocycles. The highest BCUT2D eigenvalue weighted by Gasteiger charge is 2.15. The van der Waals surface area contributed by atoms with Crippen molar-refractivity contribution < 1.29 is 18.2 Å². The average Bonchev–Trinajstić information content (AvgIpc) is 2.56. The molecule has 1 unspecified atom stereocenters. The number of rotatable bonds is 20. The van der Waals surface area contributed by atoms with Crippen molar-refractivity contribution in [1.82, 2.24) is 0 Å². The number of hydrogen-bond acceptors (Lipinski definition) is 2. The molecule has 0 saturated heterocycles. The Balaban J connectivity index is 3.02. The summed E-state index contributed by atoms with van der Waals surface area (Å²) in [6, 6.07) is 0. The van der Waals surface area contributed by atoms with Crippen LogP contribution in [0.15, 0.2) is 0 Å². The van der Waals surface area contributed by atoms with E-state index in [9.17, 15) is 8.76 Å². The minimum absolute atomic E-state index is 0.0447. The standard InChI is InChI=1S/C20H42FO3P/c1-2-3-4-5-6-7-8-9-10-11-12-13-14-15-16-17-18-19-20-24-25(21,22)23/h2-20H2,1H3,(H,22,23). The maximum absolute atomic E-state index is 12.2. The van der Waals surface area contributed by atoms with Gasteiger partial charge >= 0.3 is 7.91 Å². The van der Waals surface area contributed by atoms with Gasteiger partial charge in [0.05, 0.1) is 6.61 Å². The fourth-order valence-electron chi connectivity index (χ4n) is 3.18. The van der Waals surface area contributed by atoms with Gasteiger partial charge in [-0.15, -0.1) is 4.20 Å². The van der Waals surface area contributed by atoms with Crippen LogP contribution >= 0.6 is 7.91 Å². The molecule has 0 radical (unpaired) electrons. The Morgan fingerprint density at radius 1 is 0.640 bits per heavy atom. The summed E-state index contributed by atoms with van der Waals surface area (Å²) in [7, 11) is -4.76. The molecule has 0 heterocycles. The third-order valence-electron chi connectivity index (χ3n) is 4.75. The lowest BCUT2D eigenvalue weighted by molar-refractivity contribution is 0.221. The highest BCUT2D eigenvalue weighted by atomic mass is 31.2. The van der Waals surface area contributed by atoms with Crippen LogP contribution in [0.4, 0.5) is 4.20 Å². The maximum atomic E-state index is 12.2. The second-order valence-electron chi connectivity index (χ2n) is 7.30. The van der Waals surface area contributed by atoms with Gasteiger partial charge in [0.2, 0.25) is 0 Å². The molecule has 1 N–H and O–H groups in total. The van der Waals surface area contributed by atoms with E-state index in [-0.39, 0.29) is 6.61 Å². The Kier molecular flexibility index (Phi) is 18.9. The molecule has 0 fully saturated rings. The van der Waals surface area contributed by atoms with Gasteiger partial charge in [0.15, 0.2) is 0 Å². The van der Waals surface area contributed by atoms with Crippen molar-refractivity contribution >= 4 is 7.91 Å². The molecular formula is C20H42FO3P. The van der Waals surface area contributed by atoms with E-state index in [0.717, 1.165) is 12.8 Å². The first kappa shape index (κ1) is 25.1. The molecule has 25 heavy (non-hydrogen) atoms. The fourth-order valence-corrected chi connectivity index (χ4v) is 3.54. The zero-order valence-electron chi connectivity index (χ0n) is 16.5. The van der Waals surface area contributed by atoms with Crippen molar-refractivity contribution in [3.63, 3.8) is 0 Å². The summed E-state index contributed by atoms with van der Waals surface area (Å²) in [6.07, 6.45) is 23.3.